The molecule has 0 spiro atoms. The molecule has 0 saturated carbocycles. The molecule has 0 bridgehead atoms. The predicted octanol–water partition coefficient (Wildman–Crippen LogP) is 3.12. The van der Waals surface area contributed by atoms with Gasteiger partial charge in [-0.3, -0.25) is 4.79 Å². The van der Waals surface area contributed by atoms with Crippen molar-refractivity contribution in [3.05, 3.63) is 40.8 Å². The number of aliphatic carboxylic acids is 1. The molecule has 1 atom stereocenters. The molecule has 0 aliphatic carbocycles. The van der Waals surface area contributed by atoms with Crippen LogP contribution in [0.5, 0.6) is 0 Å². The molecule has 1 aromatic heterocycles. The Morgan fingerprint density at radius 1 is 1.29 bits per heavy atom. The van der Waals surface area contributed by atoms with Gasteiger partial charge in [0.25, 0.3) is 0 Å². The first-order chi connectivity index (χ1) is 9.97. The topological polar surface area (TPSA) is 55.1 Å². The van der Waals surface area contributed by atoms with Gasteiger partial charge in [-0.15, -0.1) is 0 Å². The molecular formula is C17H20N2O2. The lowest BCUT2D eigenvalue weighted by Gasteiger charge is -2.20. The molecule has 1 unspecified atom stereocenters. The molecule has 0 radical (unpaired) electrons. The largest absolute Gasteiger partial charge is 0.481 e. The number of nitrogens with zero attached hydrogens (tertiary/aromatic N) is 2. The second kappa shape index (κ2) is 5.02. The molecule has 110 valence electrons. The van der Waals surface area contributed by atoms with E-state index in [2.05, 4.69) is 43.5 Å². The van der Waals surface area contributed by atoms with E-state index in [9.17, 15) is 9.90 Å². The fourth-order valence-corrected chi connectivity index (χ4v) is 3.02. The number of aryl methyl sites for hydroxylation is 2. The average Bonchev–Trinajstić information content (AvgIpc) is 2.78. The van der Waals surface area contributed by atoms with Gasteiger partial charge in [-0.25, -0.2) is 4.98 Å². The number of rotatable bonds is 2. The van der Waals surface area contributed by atoms with E-state index >= 15 is 0 Å². The van der Waals surface area contributed by atoms with Gasteiger partial charge in [0, 0.05) is 24.2 Å². The molecule has 2 heterocycles. The Morgan fingerprint density at radius 3 is 2.71 bits per heavy atom. The molecular weight excluding hydrogens is 264 g/mol. The van der Waals surface area contributed by atoms with Crippen molar-refractivity contribution in [2.24, 2.45) is 5.92 Å². The zero-order valence-corrected chi connectivity index (χ0v) is 12.7. The van der Waals surface area contributed by atoms with Crippen molar-refractivity contribution < 1.29 is 9.90 Å². The van der Waals surface area contributed by atoms with Crippen molar-refractivity contribution >= 4 is 5.97 Å². The smallest absolute Gasteiger partial charge is 0.307 e. The molecule has 0 fully saturated rings. The molecule has 0 saturated heterocycles. The van der Waals surface area contributed by atoms with Crippen LogP contribution >= 0.6 is 0 Å². The number of fused-ring (bicyclic) bond motifs is 1. The zero-order chi connectivity index (χ0) is 15.1. The van der Waals surface area contributed by atoms with Gasteiger partial charge in [-0.1, -0.05) is 12.1 Å². The van der Waals surface area contributed by atoms with Crippen molar-refractivity contribution in [1.29, 1.82) is 0 Å². The van der Waals surface area contributed by atoms with Crippen LogP contribution in [0.2, 0.25) is 0 Å². The average molecular weight is 284 g/mol. The molecule has 2 aromatic rings. The number of aromatic nitrogens is 2. The summed E-state index contributed by atoms with van der Waals surface area (Å²) in [7, 11) is 0. The van der Waals surface area contributed by atoms with Crippen LogP contribution in [0.4, 0.5) is 0 Å². The number of carboxylic acids is 1. The van der Waals surface area contributed by atoms with E-state index in [0.717, 1.165) is 29.3 Å². The summed E-state index contributed by atoms with van der Waals surface area (Å²) < 4.78 is 2.17. The van der Waals surface area contributed by atoms with Gasteiger partial charge in [0.2, 0.25) is 0 Å². The van der Waals surface area contributed by atoms with Gasteiger partial charge in [0.15, 0.2) is 0 Å². The van der Waals surface area contributed by atoms with Crippen LogP contribution in [0.15, 0.2) is 18.2 Å². The lowest BCUT2D eigenvalue weighted by atomic mass is 9.98. The summed E-state index contributed by atoms with van der Waals surface area (Å²) in [6.07, 6.45) is 1.22. The van der Waals surface area contributed by atoms with Crippen LogP contribution in [0.3, 0.4) is 0 Å². The van der Waals surface area contributed by atoms with Gasteiger partial charge in [0.05, 0.1) is 11.6 Å². The molecule has 0 amide bonds. The first kappa shape index (κ1) is 13.9. The maximum atomic E-state index is 11.2. The number of imidazole rings is 1. The Morgan fingerprint density at radius 2 is 2.05 bits per heavy atom. The van der Waals surface area contributed by atoms with Gasteiger partial charge >= 0.3 is 5.97 Å². The Kier molecular flexibility index (Phi) is 3.32. The lowest BCUT2D eigenvalue weighted by molar-refractivity contribution is -0.142. The molecule has 1 aromatic carbocycles. The molecule has 1 aliphatic heterocycles. The van der Waals surface area contributed by atoms with Crippen LogP contribution in [0.1, 0.15) is 29.1 Å². The number of carboxylic acid groups (broad SMARTS) is 1. The van der Waals surface area contributed by atoms with Gasteiger partial charge in [-0.2, -0.15) is 0 Å². The van der Waals surface area contributed by atoms with Gasteiger partial charge in [-0.05, 0) is 44.4 Å². The highest BCUT2D eigenvalue weighted by Crippen LogP contribution is 2.30. The van der Waals surface area contributed by atoms with E-state index in [-0.39, 0.29) is 5.92 Å². The highest BCUT2D eigenvalue weighted by molar-refractivity contribution is 5.71. The molecule has 1 aliphatic rings. The number of carbonyl (C=O) groups is 1. The van der Waals surface area contributed by atoms with E-state index in [1.807, 2.05) is 0 Å². The zero-order valence-electron chi connectivity index (χ0n) is 12.7. The Labute approximate surface area is 124 Å². The van der Waals surface area contributed by atoms with E-state index in [1.165, 1.54) is 11.1 Å². The summed E-state index contributed by atoms with van der Waals surface area (Å²) in [6, 6.07) is 6.37. The molecule has 4 heteroatoms. The Bertz CT molecular complexity index is 716. The molecule has 21 heavy (non-hydrogen) atoms. The standard InChI is InChI=1S/C17H20N2O2/c1-10-4-5-13(8-11(10)2)16-12(3)19-7-6-14(17(20)21)9-15(19)18-16/h4-5,8,14H,6-7,9H2,1-3H3,(H,20,21). The van der Waals surface area contributed by atoms with E-state index in [1.54, 1.807) is 0 Å². The van der Waals surface area contributed by atoms with Crippen molar-refractivity contribution in [2.75, 3.05) is 0 Å². The highest BCUT2D eigenvalue weighted by Gasteiger charge is 2.27. The van der Waals surface area contributed by atoms with Crippen LogP contribution in [-0.4, -0.2) is 20.6 Å². The van der Waals surface area contributed by atoms with Crippen molar-refractivity contribution in [1.82, 2.24) is 9.55 Å². The maximum absolute atomic E-state index is 11.2. The fraction of sp³-hybridized carbons (Fsp3) is 0.412. The van der Waals surface area contributed by atoms with E-state index < -0.39 is 5.97 Å². The van der Waals surface area contributed by atoms with Crippen LogP contribution in [0, 0.1) is 26.7 Å². The number of hydrogen-bond donors (Lipinski definition) is 1. The summed E-state index contributed by atoms with van der Waals surface area (Å²) >= 11 is 0. The van der Waals surface area contributed by atoms with Gasteiger partial charge < -0.3 is 9.67 Å². The minimum absolute atomic E-state index is 0.299. The van der Waals surface area contributed by atoms with Crippen LogP contribution in [-0.2, 0) is 17.8 Å². The monoisotopic (exact) mass is 284 g/mol. The first-order valence-corrected chi connectivity index (χ1v) is 7.34. The molecule has 1 N–H and O–H groups in total. The fourth-order valence-electron chi connectivity index (χ4n) is 3.02. The molecule has 3 rings (SSSR count). The Hall–Kier alpha value is -2.10. The minimum Gasteiger partial charge on any atom is -0.481 e. The predicted molar refractivity (Wildman–Crippen MR) is 81.3 cm³/mol. The molecule has 4 nitrogen and oxygen atoms in total. The second-order valence-corrected chi connectivity index (χ2v) is 5.94. The third-order valence-corrected chi connectivity index (χ3v) is 4.56. The maximum Gasteiger partial charge on any atom is 0.307 e. The lowest BCUT2D eigenvalue weighted by Crippen LogP contribution is -2.26. The third-order valence-electron chi connectivity index (χ3n) is 4.56. The second-order valence-electron chi connectivity index (χ2n) is 5.94. The third kappa shape index (κ3) is 2.35. The van der Waals surface area contributed by atoms with Gasteiger partial charge in [0.1, 0.15) is 5.82 Å². The Balaban J connectivity index is 2.02. The first-order valence-electron chi connectivity index (χ1n) is 7.34. The quantitative estimate of drug-likeness (QED) is 0.921. The van der Waals surface area contributed by atoms with E-state index in [0.29, 0.717) is 12.8 Å². The summed E-state index contributed by atoms with van der Waals surface area (Å²) in [4.78, 5) is 15.9. The summed E-state index contributed by atoms with van der Waals surface area (Å²) in [5.41, 5.74) is 5.76. The summed E-state index contributed by atoms with van der Waals surface area (Å²) in [5, 5.41) is 9.19. The SMILES string of the molecule is Cc1ccc(-c2nc3n(c2C)CCC(C(=O)O)C3)cc1C. The van der Waals surface area contributed by atoms with Crippen LogP contribution in [0.25, 0.3) is 11.3 Å². The normalized spacial score (nSPS) is 17.6. The minimum atomic E-state index is -0.713. The van der Waals surface area contributed by atoms with Crippen molar-refractivity contribution in [2.45, 2.75) is 40.2 Å². The summed E-state index contributed by atoms with van der Waals surface area (Å²) in [6.45, 7) is 7.02. The highest BCUT2D eigenvalue weighted by atomic mass is 16.4. The number of benzene rings is 1. The van der Waals surface area contributed by atoms with Crippen molar-refractivity contribution in [3.63, 3.8) is 0 Å². The summed E-state index contributed by atoms with van der Waals surface area (Å²) in [5.74, 6) is -0.110. The van der Waals surface area contributed by atoms with E-state index in [4.69, 9.17) is 4.98 Å². The number of hydrogen-bond acceptors (Lipinski definition) is 2. The van der Waals surface area contributed by atoms with Crippen molar-refractivity contribution in [3.8, 4) is 11.3 Å². The van der Waals surface area contributed by atoms with Crippen LogP contribution < -0.4 is 0 Å².